The van der Waals surface area contributed by atoms with E-state index in [-0.39, 0.29) is 28.9 Å². The van der Waals surface area contributed by atoms with E-state index in [1.54, 1.807) is 13.8 Å². The van der Waals surface area contributed by atoms with Crippen LogP contribution >= 0.6 is 0 Å². The van der Waals surface area contributed by atoms with Crippen molar-refractivity contribution in [3.05, 3.63) is 56.4 Å². The molecule has 136 valence electrons. The molecular weight excluding hydrogens is 346 g/mol. The van der Waals surface area contributed by atoms with Gasteiger partial charge in [-0.1, -0.05) is 6.07 Å². The summed E-state index contributed by atoms with van der Waals surface area (Å²) in [5.41, 5.74) is 3.88. The first-order valence-corrected chi connectivity index (χ1v) is 7.36. The fourth-order valence-electron chi connectivity index (χ4n) is 1.97. The van der Waals surface area contributed by atoms with Crippen LogP contribution in [0.2, 0.25) is 0 Å². The number of carbonyl (C=O) groups is 1. The van der Waals surface area contributed by atoms with E-state index in [9.17, 15) is 25.0 Å². The molecule has 1 heterocycles. The maximum atomic E-state index is 12.1. The SMILES string of the molecule is CC(C)Nc1ncnc(NNC(=O)c2cccc([N+](=O)[O-])c2)c1[N+](=O)[O-]. The maximum absolute atomic E-state index is 12.1. The van der Waals surface area contributed by atoms with Crippen molar-refractivity contribution in [1.82, 2.24) is 15.4 Å². The van der Waals surface area contributed by atoms with Gasteiger partial charge in [-0.05, 0) is 19.9 Å². The number of nitro benzene ring substituents is 1. The van der Waals surface area contributed by atoms with Crippen LogP contribution in [0.1, 0.15) is 24.2 Å². The molecule has 0 spiro atoms. The molecule has 0 aliphatic carbocycles. The molecule has 0 fully saturated rings. The molecule has 0 radical (unpaired) electrons. The summed E-state index contributed by atoms with van der Waals surface area (Å²) in [6, 6.07) is 4.92. The van der Waals surface area contributed by atoms with Gasteiger partial charge in [-0.15, -0.1) is 0 Å². The summed E-state index contributed by atoms with van der Waals surface area (Å²) in [5, 5.41) is 24.9. The molecule has 12 heteroatoms. The first-order valence-electron chi connectivity index (χ1n) is 7.36. The normalized spacial score (nSPS) is 10.3. The zero-order chi connectivity index (χ0) is 19.3. The summed E-state index contributed by atoms with van der Waals surface area (Å²) >= 11 is 0. The molecule has 2 aromatic rings. The third kappa shape index (κ3) is 4.37. The Kier molecular flexibility index (Phi) is 5.57. The fraction of sp³-hybridized carbons (Fsp3) is 0.214. The quantitative estimate of drug-likeness (QED) is 0.493. The molecule has 0 bridgehead atoms. The number of nitrogens with one attached hydrogen (secondary N) is 3. The Morgan fingerprint density at radius 3 is 2.42 bits per heavy atom. The van der Waals surface area contributed by atoms with Crippen LogP contribution in [0.5, 0.6) is 0 Å². The molecule has 2 rings (SSSR count). The average molecular weight is 361 g/mol. The van der Waals surface area contributed by atoms with Gasteiger partial charge in [0.15, 0.2) is 0 Å². The van der Waals surface area contributed by atoms with Gasteiger partial charge in [-0.2, -0.15) is 0 Å². The van der Waals surface area contributed by atoms with Crippen LogP contribution in [-0.4, -0.2) is 31.8 Å². The van der Waals surface area contributed by atoms with E-state index < -0.39 is 21.4 Å². The van der Waals surface area contributed by atoms with Crippen molar-refractivity contribution >= 4 is 28.9 Å². The Balaban J connectivity index is 2.21. The van der Waals surface area contributed by atoms with Crippen molar-refractivity contribution in [3.8, 4) is 0 Å². The van der Waals surface area contributed by atoms with Gasteiger partial charge in [0.2, 0.25) is 11.6 Å². The molecule has 0 saturated heterocycles. The Bertz CT molecular complexity index is 855. The van der Waals surface area contributed by atoms with Gasteiger partial charge in [0, 0.05) is 23.7 Å². The van der Waals surface area contributed by atoms with E-state index >= 15 is 0 Å². The van der Waals surface area contributed by atoms with E-state index in [4.69, 9.17) is 0 Å². The van der Waals surface area contributed by atoms with Crippen LogP contribution in [0.25, 0.3) is 0 Å². The van der Waals surface area contributed by atoms with Crippen LogP contribution < -0.4 is 16.2 Å². The number of nitro groups is 2. The lowest BCUT2D eigenvalue weighted by molar-refractivity contribution is -0.384. The zero-order valence-electron chi connectivity index (χ0n) is 13.8. The average Bonchev–Trinajstić information content (AvgIpc) is 2.59. The van der Waals surface area contributed by atoms with Gasteiger partial charge in [-0.3, -0.25) is 35.9 Å². The molecule has 12 nitrogen and oxygen atoms in total. The molecule has 3 N–H and O–H groups in total. The van der Waals surface area contributed by atoms with Gasteiger partial charge in [0.25, 0.3) is 11.6 Å². The van der Waals surface area contributed by atoms with Crippen molar-refractivity contribution in [2.24, 2.45) is 0 Å². The van der Waals surface area contributed by atoms with Crippen LogP contribution in [-0.2, 0) is 0 Å². The van der Waals surface area contributed by atoms with E-state index in [1.807, 2.05) is 0 Å². The number of carbonyl (C=O) groups excluding carboxylic acids is 1. The van der Waals surface area contributed by atoms with E-state index in [0.717, 1.165) is 12.4 Å². The van der Waals surface area contributed by atoms with Crippen molar-refractivity contribution in [2.75, 3.05) is 10.7 Å². The minimum absolute atomic E-state index is 0.00365. The molecule has 0 aliphatic heterocycles. The van der Waals surface area contributed by atoms with E-state index in [0.29, 0.717) is 0 Å². The van der Waals surface area contributed by atoms with Crippen molar-refractivity contribution in [1.29, 1.82) is 0 Å². The summed E-state index contributed by atoms with van der Waals surface area (Å²) in [5.74, 6) is -0.959. The second-order valence-corrected chi connectivity index (χ2v) is 5.36. The molecular formula is C14H15N7O5. The summed E-state index contributed by atoms with van der Waals surface area (Å²) in [7, 11) is 0. The molecule has 0 unspecified atom stereocenters. The lowest BCUT2D eigenvalue weighted by Gasteiger charge is -2.12. The minimum atomic E-state index is -0.722. The molecule has 0 aliphatic rings. The molecule has 1 amide bonds. The Morgan fingerprint density at radius 2 is 1.81 bits per heavy atom. The van der Waals surface area contributed by atoms with Gasteiger partial charge in [0.1, 0.15) is 6.33 Å². The predicted octanol–water partition coefficient (Wildman–Crippen LogP) is 1.87. The number of hydrogen-bond acceptors (Lipinski definition) is 9. The highest BCUT2D eigenvalue weighted by Crippen LogP contribution is 2.28. The standard InChI is InChI=1S/C14H15N7O5/c1-8(2)17-12-11(21(25)26)13(16-7-15-12)18-19-14(22)9-4-3-5-10(6-9)20(23)24/h3-8H,1-2H3,(H,19,22)(H2,15,16,17,18). The van der Waals surface area contributed by atoms with Gasteiger partial charge in [0.05, 0.1) is 9.85 Å². The van der Waals surface area contributed by atoms with Crippen LogP contribution in [0.3, 0.4) is 0 Å². The second-order valence-electron chi connectivity index (χ2n) is 5.36. The third-order valence-electron chi connectivity index (χ3n) is 3.04. The van der Waals surface area contributed by atoms with Gasteiger partial charge >= 0.3 is 5.69 Å². The van der Waals surface area contributed by atoms with E-state index in [2.05, 4.69) is 26.1 Å². The second kappa shape index (κ2) is 7.83. The Morgan fingerprint density at radius 1 is 1.12 bits per heavy atom. The summed E-state index contributed by atoms with van der Waals surface area (Å²) in [6.45, 7) is 3.56. The Labute approximate surface area is 146 Å². The summed E-state index contributed by atoms with van der Waals surface area (Å²) in [6.07, 6.45) is 1.10. The number of hydrazine groups is 1. The van der Waals surface area contributed by atoms with Gasteiger partial charge < -0.3 is 5.32 Å². The minimum Gasteiger partial charge on any atom is -0.362 e. The summed E-state index contributed by atoms with van der Waals surface area (Å²) < 4.78 is 0. The number of nitrogens with zero attached hydrogens (tertiary/aromatic N) is 4. The number of amides is 1. The highest BCUT2D eigenvalue weighted by Gasteiger charge is 2.24. The van der Waals surface area contributed by atoms with Crippen LogP contribution in [0.4, 0.5) is 23.0 Å². The zero-order valence-corrected chi connectivity index (χ0v) is 13.8. The van der Waals surface area contributed by atoms with Crippen molar-refractivity contribution in [2.45, 2.75) is 19.9 Å². The number of benzene rings is 1. The van der Waals surface area contributed by atoms with Crippen LogP contribution in [0, 0.1) is 20.2 Å². The van der Waals surface area contributed by atoms with Gasteiger partial charge in [-0.25, -0.2) is 9.97 Å². The summed E-state index contributed by atoms with van der Waals surface area (Å²) in [4.78, 5) is 40.4. The lowest BCUT2D eigenvalue weighted by atomic mass is 10.2. The smallest absolute Gasteiger partial charge is 0.354 e. The monoisotopic (exact) mass is 361 g/mol. The maximum Gasteiger partial charge on any atom is 0.354 e. The lowest BCUT2D eigenvalue weighted by Crippen LogP contribution is -2.30. The topological polar surface area (TPSA) is 165 Å². The largest absolute Gasteiger partial charge is 0.362 e. The molecule has 1 aromatic carbocycles. The number of rotatable bonds is 7. The Hall–Kier alpha value is -3.83. The molecule has 0 atom stereocenters. The molecule has 0 saturated carbocycles. The first-order chi connectivity index (χ1) is 12.3. The number of hydrogen-bond donors (Lipinski definition) is 3. The highest BCUT2D eigenvalue weighted by molar-refractivity contribution is 5.95. The number of non-ortho nitro benzene ring substituents is 1. The molecule has 1 aromatic heterocycles. The highest BCUT2D eigenvalue weighted by atomic mass is 16.6. The first kappa shape index (κ1) is 18.5. The number of anilines is 2. The van der Waals surface area contributed by atoms with E-state index in [1.165, 1.54) is 18.2 Å². The third-order valence-corrected chi connectivity index (χ3v) is 3.04. The van der Waals surface area contributed by atoms with Crippen molar-refractivity contribution in [3.63, 3.8) is 0 Å². The predicted molar refractivity (Wildman–Crippen MR) is 91.6 cm³/mol. The number of aromatic nitrogens is 2. The van der Waals surface area contributed by atoms with Crippen molar-refractivity contribution < 1.29 is 14.6 Å². The van der Waals surface area contributed by atoms with Crippen LogP contribution in [0.15, 0.2) is 30.6 Å². The fourth-order valence-corrected chi connectivity index (χ4v) is 1.97. The molecule has 26 heavy (non-hydrogen) atoms.